The molecule has 0 saturated carbocycles. The summed E-state index contributed by atoms with van der Waals surface area (Å²) < 4.78 is 0. The van der Waals surface area contributed by atoms with Crippen molar-refractivity contribution in [3.8, 4) is 11.1 Å². The van der Waals surface area contributed by atoms with Gasteiger partial charge in [0.2, 0.25) is 0 Å². The lowest BCUT2D eigenvalue weighted by Crippen LogP contribution is -2.28. The van der Waals surface area contributed by atoms with E-state index in [1.807, 2.05) is 24.5 Å². The Morgan fingerprint density at radius 2 is 1.38 bits per heavy atom. The summed E-state index contributed by atoms with van der Waals surface area (Å²) in [4.78, 5) is 4.44. The average molecular weight is 354 g/mol. The van der Waals surface area contributed by atoms with Crippen molar-refractivity contribution in [1.29, 1.82) is 0 Å². The zero-order valence-corrected chi connectivity index (χ0v) is 14.8. The number of fused-ring (bicyclic) bond motifs is 3. The highest BCUT2D eigenvalue weighted by molar-refractivity contribution is 6.30. The van der Waals surface area contributed by atoms with Crippen LogP contribution in [0.2, 0.25) is 5.02 Å². The zero-order chi connectivity index (χ0) is 17.6. The number of nitrogens with zero attached hydrogens (tertiary/aromatic N) is 1. The molecule has 0 N–H and O–H groups in total. The fourth-order valence-corrected chi connectivity index (χ4v) is 4.49. The van der Waals surface area contributed by atoms with Gasteiger partial charge in [-0.15, -0.1) is 0 Å². The molecule has 1 aliphatic rings. The number of hydrogen-bond acceptors (Lipinski definition) is 1. The van der Waals surface area contributed by atoms with E-state index in [9.17, 15) is 0 Å². The lowest BCUT2D eigenvalue weighted by Gasteiger charge is -2.33. The third kappa shape index (κ3) is 2.01. The highest BCUT2D eigenvalue weighted by Gasteiger charge is 2.46. The van der Waals surface area contributed by atoms with Crippen molar-refractivity contribution < 1.29 is 0 Å². The van der Waals surface area contributed by atoms with Gasteiger partial charge < -0.3 is 0 Å². The second-order valence-electron chi connectivity index (χ2n) is 6.59. The quantitative estimate of drug-likeness (QED) is 0.373. The van der Waals surface area contributed by atoms with Crippen molar-refractivity contribution in [3.63, 3.8) is 0 Å². The molecule has 1 atom stereocenters. The third-order valence-corrected chi connectivity index (χ3v) is 5.54. The summed E-state index contributed by atoms with van der Waals surface area (Å²) in [5, 5.41) is 0.751. The number of aromatic nitrogens is 1. The SMILES string of the molecule is Clc1ccc2c(c1)C(c1ccccc1)(c1cccnc1)c1ccccc1-2. The molecule has 0 fully saturated rings. The summed E-state index contributed by atoms with van der Waals surface area (Å²) in [6.45, 7) is 0. The van der Waals surface area contributed by atoms with Gasteiger partial charge in [-0.2, -0.15) is 0 Å². The Balaban J connectivity index is 1.99. The topological polar surface area (TPSA) is 12.9 Å². The Kier molecular flexibility index (Phi) is 3.44. The largest absolute Gasteiger partial charge is 0.264 e. The van der Waals surface area contributed by atoms with Gasteiger partial charge in [-0.25, -0.2) is 0 Å². The highest BCUT2D eigenvalue weighted by Crippen LogP contribution is 2.56. The molecule has 0 radical (unpaired) electrons. The van der Waals surface area contributed by atoms with Crippen LogP contribution in [0.4, 0.5) is 0 Å². The fourth-order valence-electron chi connectivity index (χ4n) is 4.31. The predicted octanol–water partition coefficient (Wildman–Crippen LogP) is 6.10. The van der Waals surface area contributed by atoms with Crippen LogP contribution in [0.1, 0.15) is 22.3 Å². The Bertz CT molecular complexity index is 1050. The Hall–Kier alpha value is -2.90. The molecule has 2 heteroatoms. The van der Waals surface area contributed by atoms with Crippen molar-refractivity contribution in [1.82, 2.24) is 4.98 Å². The second-order valence-corrected chi connectivity index (χ2v) is 7.03. The minimum Gasteiger partial charge on any atom is -0.264 e. The molecule has 1 nitrogen and oxygen atoms in total. The van der Waals surface area contributed by atoms with E-state index < -0.39 is 5.41 Å². The van der Waals surface area contributed by atoms with E-state index in [4.69, 9.17) is 11.6 Å². The molecule has 0 spiro atoms. The van der Waals surface area contributed by atoms with Crippen molar-refractivity contribution in [2.24, 2.45) is 0 Å². The molecule has 124 valence electrons. The number of halogens is 1. The van der Waals surface area contributed by atoms with Gasteiger partial charge in [0.15, 0.2) is 0 Å². The fraction of sp³-hybridized carbons (Fsp3) is 0.0417. The van der Waals surface area contributed by atoms with Crippen molar-refractivity contribution in [2.45, 2.75) is 5.41 Å². The minimum absolute atomic E-state index is 0.410. The zero-order valence-electron chi connectivity index (χ0n) is 14.1. The number of pyridine rings is 1. The van der Waals surface area contributed by atoms with Crippen LogP contribution in [0, 0.1) is 0 Å². The number of benzene rings is 3. The van der Waals surface area contributed by atoms with Gasteiger partial charge in [0.05, 0.1) is 5.41 Å². The Morgan fingerprint density at radius 3 is 2.19 bits per heavy atom. The maximum Gasteiger partial charge on any atom is 0.0728 e. The van der Waals surface area contributed by atoms with Crippen LogP contribution in [0.5, 0.6) is 0 Å². The van der Waals surface area contributed by atoms with E-state index in [1.165, 1.54) is 27.8 Å². The lowest BCUT2D eigenvalue weighted by molar-refractivity contribution is 0.763. The van der Waals surface area contributed by atoms with Gasteiger partial charge in [-0.1, -0.05) is 78.3 Å². The van der Waals surface area contributed by atoms with Crippen LogP contribution in [0.3, 0.4) is 0 Å². The molecule has 0 saturated heterocycles. The van der Waals surface area contributed by atoms with E-state index in [1.54, 1.807) is 0 Å². The Morgan fingerprint density at radius 1 is 0.654 bits per heavy atom. The summed E-state index contributed by atoms with van der Waals surface area (Å²) in [5.41, 5.74) is 6.94. The van der Waals surface area contributed by atoms with Gasteiger partial charge in [0.1, 0.15) is 0 Å². The monoisotopic (exact) mass is 353 g/mol. The summed E-state index contributed by atoms with van der Waals surface area (Å²) in [7, 11) is 0. The average Bonchev–Trinajstić information content (AvgIpc) is 3.00. The second kappa shape index (κ2) is 5.82. The first kappa shape index (κ1) is 15.4. The molecular weight excluding hydrogens is 338 g/mol. The first-order valence-corrected chi connectivity index (χ1v) is 9.05. The van der Waals surface area contributed by atoms with Gasteiger partial charge in [0, 0.05) is 17.4 Å². The van der Waals surface area contributed by atoms with E-state index in [-0.39, 0.29) is 0 Å². The molecule has 26 heavy (non-hydrogen) atoms. The molecule has 1 unspecified atom stereocenters. The van der Waals surface area contributed by atoms with Crippen LogP contribution in [0.15, 0.2) is 97.3 Å². The molecule has 1 aromatic heterocycles. The van der Waals surface area contributed by atoms with Crippen molar-refractivity contribution in [2.75, 3.05) is 0 Å². The van der Waals surface area contributed by atoms with Crippen LogP contribution >= 0.6 is 11.6 Å². The van der Waals surface area contributed by atoms with Crippen molar-refractivity contribution >= 4 is 11.6 Å². The maximum absolute atomic E-state index is 6.45. The lowest BCUT2D eigenvalue weighted by atomic mass is 9.68. The van der Waals surface area contributed by atoms with E-state index >= 15 is 0 Å². The third-order valence-electron chi connectivity index (χ3n) is 5.31. The molecule has 0 aliphatic heterocycles. The molecule has 5 rings (SSSR count). The molecule has 1 aliphatic carbocycles. The smallest absolute Gasteiger partial charge is 0.0728 e. The van der Waals surface area contributed by atoms with Gasteiger partial charge >= 0.3 is 0 Å². The van der Waals surface area contributed by atoms with E-state index in [0.717, 1.165) is 10.6 Å². The summed E-state index contributed by atoms with van der Waals surface area (Å²) in [6.07, 6.45) is 3.79. The summed E-state index contributed by atoms with van der Waals surface area (Å²) in [5.74, 6) is 0. The predicted molar refractivity (Wildman–Crippen MR) is 107 cm³/mol. The van der Waals surface area contributed by atoms with Gasteiger partial charge in [0.25, 0.3) is 0 Å². The van der Waals surface area contributed by atoms with E-state index in [0.29, 0.717) is 0 Å². The maximum atomic E-state index is 6.45. The number of hydrogen-bond donors (Lipinski definition) is 0. The molecule has 0 bridgehead atoms. The first-order chi connectivity index (χ1) is 12.8. The van der Waals surface area contributed by atoms with Gasteiger partial charge in [-0.3, -0.25) is 4.98 Å². The molecule has 3 aromatic carbocycles. The van der Waals surface area contributed by atoms with Crippen LogP contribution in [-0.4, -0.2) is 4.98 Å². The standard InChI is InChI=1S/C24H16ClN/c25-19-12-13-21-20-10-4-5-11-22(20)24(23(21)15-19,17-7-2-1-3-8-17)18-9-6-14-26-16-18/h1-16H. The normalized spacial score (nSPS) is 17.6. The number of rotatable bonds is 2. The molecule has 1 heterocycles. The Labute approximate surface area is 157 Å². The van der Waals surface area contributed by atoms with Crippen LogP contribution < -0.4 is 0 Å². The highest BCUT2D eigenvalue weighted by atomic mass is 35.5. The van der Waals surface area contributed by atoms with Crippen LogP contribution in [-0.2, 0) is 5.41 Å². The minimum atomic E-state index is -0.410. The van der Waals surface area contributed by atoms with Crippen molar-refractivity contribution in [3.05, 3.63) is 125 Å². The molecule has 4 aromatic rings. The summed E-state index contributed by atoms with van der Waals surface area (Å²) in [6, 6.07) is 29.7. The van der Waals surface area contributed by atoms with Gasteiger partial charge in [-0.05, 0) is 51.6 Å². The molecular formula is C24H16ClN. The summed E-state index contributed by atoms with van der Waals surface area (Å²) >= 11 is 6.45. The van der Waals surface area contributed by atoms with Crippen LogP contribution in [0.25, 0.3) is 11.1 Å². The first-order valence-electron chi connectivity index (χ1n) is 8.68. The molecule has 0 amide bonds. The van der Waals surface area contributed by atoms with E-state index in [2.05, 4.69) is 77.8 Å².